The van der Waals surface area contributed by atoms with Crippen LogP contribution in [-0.2, 0) is 18.9 Å². The molecule has 1 saturated heterocycles. The Morgan fingerprint density at radius 3 is 2.62 bits per heavy atom. The molecule has 0 aromatic heterocycles. The number of hydrogen-bond acceptors (Lipinski definition) is 4. The number of hydrogen-bond donors (Lipinski definition) is 0. The van der Waals surface area contributed by atoms with Gasteiger partial charge in [0.25, 0.3) is 0 Å². The van der Waals surface area contributed by atoms with Crippen molar-refractivity contribution in [2.24, 2.45) is 22.7 Å². The molecule has 24 heavy (non-hydrogen) atoms. The van der Waals surface area contributed by atoms with E-state index in [9.17, 15) is 0 Å². The molecule has 4 heteroatoms. The summed E-state index contributed by atoms with van der Waals surface area (Å²) in [4.78, 5) is 0. The Labute approximate surface area is 147 Å². The van der Waals surface area contributed by atoms with Crippen molar-refractivity contribution >= 4 is 0 Å². The molecular formula is C20H36O4. The van der Waals surface area contributed by atoms with E-state index in [0.717, 1.165) is 38.6 Å². The smallest absolute Gasteiger partial charge is 0.146 e. The van der Waals surface area contributed by atoms with E-state index in [-0.39, 0.29) is 0 Å². The van der Waals surface area contributed by atoms with Crippen molar-refractivity contribution in [1.29, 1.82) is 0 Å². The lowest BCUT2D eigenvalue weighted by Crippen LogP contribution is -2.54. The standard InChI is InChI=1S/C20H36O4/c1-19(2)9-5-10-20(3)16(8-11-22-12-15-13-23-15)17(24-14-21-4)6-7-18(19)20/h15-18H,5-14H2,1-4H3/t15?,16-,17+,18-,20+/m0/s1. The molecule has 140 valence electrons. The Balaban J connectivity index is 1.67. The second-order valence-electron chi connectivity index (χ2n) is 9.01. The largest absolute Gasteiger partial charge is 0.379 e. The quantitative estimate of drug-likeness (QED) is 0.380. The van der Waals surface area contributed by atoms with E-state index in [1.165, 1.54) is 25.7 Å². The number of rotatable bonds is 8. The van der Waals surface area contributed by atoms with Crippen molar-refractivity contribution in [2.45, 2.75) is 71.5 Å². The van der Waals surface area contributed by atoms with Crippen LogP contribution >= 0.6 is 0 Å². The highest BCUT2D eigenvalue weighted by Gasteiger charge is 2.54. The van der Waals surface area contributed by atoms with Crippen molar-refractivity contribution in [3.63, 3.8) is 0 Å². The normalized spacial score (nSPS) is 41.0. The SMILES string of the molecule is COCO[C@@H]1CC[C@H]2C(C)(C)CCC[C@]2(C)[C@H]1CCOCC1CO1. The van der Waals surface area contributed by atoms with E-state index in [4.69, 9.17) is 18.9 Å². The molecule has 3 fully saturated rings. The molecule has 2 saturated carbocycles. The Bertz CT molecular complexity index is 406. The number of fused-ring (bicyclic) bond motifs is 1. The third kappa shape index (κ3) is 3.98. The van der Waals surface area contributed by atoms with Gasteiger partial charge >= 0.3 is 0 Å². The van der Waals surface area contributed by atoms with Gasteiger partial charge in [0.1, 0.15) is 12.9 Å². The molecule has 0 aromatic carbocycles. The van der Waals surface area contributed by atoms with E-state index in [1.807, 2.05) is 0 Å². The van der Waals surface area contributed by atoms with E-state index in [0.29, 0.717) is 35.7 Å². The summed E-state index contributed by atoms with van der Waals surface area (Å²) in [5.74, 6) is 1.35. The molecule has 2 aliphatic carbocycles. The van der Waals surface area contributed by atoms with E-state index >= 15 is 0 Å². The lowest BCUT2D eigenvalue weighted by Gasteiger charge is -2.59. The first-order valence-corrected chi connectivity index (χ1v) is 9.77. The van der Waals surface area contributed by atoms with Gasteiger partial charge in [0, 0.05) is 13.7 Å². The minimum atomic E-state index is 0.306. The Morgan fingerprint density at radius 1 is 1.12 bits per heavy atom. The first-order valence-electron chi connectivity index (χ1n) is 9.77. The van der Waals surface area contributed by atoms with Gasteiger partial charge in [-0.2, -0.15) is 0 Å². The van der Waals surface area contributed by atoms with Gasteiger partial charge in [-0.05, 0) is 54.8 Å². The number of ether oxygens (including phenoxy) is 4. The third-order valence-electron chi connectivity index (χ3n) is 6.99. The van der Waals surface area contributed by atoms with Crippen molar-refractivity contribution in [3.05, 3.63) is 0 Å². The Hall–Kier alpha value is -0.160. The van der Waals surface area contributed by atoms with Crippen LogP contribution in [0.1, 0.15) is 59.3 Å². The van der Waals surface area contributed by atoms with Crippen molar-refractivity contribution in [2.75, 3.05) is 33.7 Å². The van der Waals surface area contributed by atoms with Crippen LogP contribution in [0.5, 0.6) is 0 Å². The Morgan fingerprint density at radius 2 is 1.92 bits per heavy atom. The highest BCUT2D eigenvalue weighted by atomic mass is 16.7. The lowest BCUT2D eigenvalue weighted by atomic mass is 9.47. The summed E-state index contributed by atoms with van der Waals surface area (Å²) in [5.41, 5.74) is 0.804. The monoisotopic (exact) mass is 340 g/mol. The summed E-state index contributed by atoms with van der Waals surface area (Å²) >= 11 is 0. The summed E-state index contributed by atoms with van der Waals surface area (Å²) in [6, 6.07) is 0. The molecule has 0 spiro atoms. The Kier molecular flexibility index (Phi) is 5.90. The fourth-order valence-corrected chi connectivity index (χ4v) is 5.75. The van der Waals surface area contributed by atoms with Gasteiger partial charge in [-0.3, -0.25) is 0 Å². The summed E-state index contributed by atoms with van der Waals surface area (Å²) in [7, 11) is 1.71. The molecule has 0 radical (unpaired) electrons. The molecule has 5 atom stereocenters. The topological polar surface area (TPSA) is 40.2 Å². The molecular weight excluding hydrogens is 304 g/mol. The van der Waals surface area contributed by atoms with Crippen LogP contribution in [0.25, 0.3) is 0 Å². The van der Waals surface area contributed by atoms with Crippen LogP contribution in [0.3, 0.4) is 0 Å². The lowest BCUT2D eigenvalue weighted by molar-refractivity contribution is -0.175. The average Bonchev–Trinajstić information content (AvgIpc) is 3.34. The van der Waals surface area contributed by atoms with Gasteiger partial charge in [0.15, 0.2) is 0 Å². The van der Waals surface area contributed by atoms with Gasteiger partial charge in [-0.1, -0.05) is 27.2 Å². The zero-order valence-electron chi connectivity index (χ0n) is 16.0. The second-order valence-corrected chi connectivity index (χ2v) is 9.01. The average molecular weight is 341 g/mol. The summed E-state index contributed by atoms with van der Waals surface area (Å²) in [6.07, 6.45) is 8.21. The maximum atomic E-state index is 6.12. The van der Waals surface area contributed by atoms with Crippen molar-refractivity contribution < 1.29 is 18.9 Å². The van der Waals surface area contributed by atoms with E-state index in [1.54, 1.807) is 7.11 Å². The van der Waals surface area contributed by atoms with Crippen LogP contribution < -0.4 is 0 Å². The predicted octanol–water partition coefficient (Wildman–Crippen LogP) is 4.02. The van der Waals surface area contributed by atoms with Crippen LogP contribution in [0.4, 0.5) is 0 Å². The van der Waals surface area contributed by atoms with Gasteiger partial charge in [0.2, 0.25) is 0 Å². The highest BCUT2D eigenvalue weighted by molar-refractivity contribution is 5.03. The fraction of sp³-hybridized carbons (Fsp3) is 1.00. The van der Waals surface area contributed by atoms with Crippen LogP contribution in [0.15, 0.2) is 0 Å². The molecule has 0 amide bonds. The predicted molar refractivity (Wildman–Crippen MR) is 93.9 cm³/mol. The zero-order valence-corrected chi connectivity index (χ0v) is 16.0. The first kappa shape index (κ1) is 18.6. The van der Waals surface area contributed by atoms with Gasteiger partial charge in [-0.25, -0.2) is 0 Å². The highest BCUT2D eigenvalue weighted by Crippen LogP contribution is 2.60. The minimum Gasteiger partial charge on any atom is -0.379 e. The molecule has 1 unspecified atom stereocenters. The summed E-state index contributed by atoms with van der Waals surface area (Å²) in [5, 5.41) is 0. The van der Waals surface area contributed by atoms with Crippen LogP contribution in [0, 0.1) is 22.7 Å². The second kappa shape index (κ2) is 7.61. The molecule has 1 aliphatic heterocycles. The first-order chi connectivity index (χ1) is 11.5. The van der Waals surface area contributed by atoms with E-state index < -0.39 is 0 Å². The van der Waals surface area contributed by atoms with Crippen LogP contribution in [0.2, 0.25) is 0 Å². The van der Waals surface area contributed by atoms with Gasteiger partial charge in [0.05, 0.1) is 19.3 Å². The molecule has 3 rings (SSSR count). The molecule has 4 nitrogen and oxygen atoms in total. The number of methoxy groups -OCH3 is 1. The minimum absolute atomic E-state index is 0.306. The van der Waals surface area contributed by atoms with Gasteiger partial charge < -0.3 is 18.9 Å². The van der Waals surface area contributed by atoms with Crippen molar-refractivity contribution in [1.82, 2.24) is 0 Å². The van der Waals surface area contributed by atoms with Gasteiger partial charge in [-0.15, -0.1) is 0 Å². The summed E-state index contributed by atoms with van der Waals surface area (Å²) < 4.78 is 22.4. The number of epoxide rings is 1. The fourth-order valence-electron chi connectivity index (χ4n) is 5.75. The maximum Gasteiger partial charge on any atom is 0.146 e. The molecule has 3 aliphatic rings. The molecule has 0 aromatic rings. The maximum absolute atomic E-state index is 6.12. The summed E-state index contributed by atoms with van der Waals surface area (Å²) in [6.45, 7) is 10.3. The van der Waals surface area contributed by atoms with E-state index in [2.05, 4.69) is 20.8 Å². The third-order valence-corrected chi connectivity index (χ3v) is 6.99. The molecule has 0 N–H and O–H groups in total. The van der Waals surface area contributed by atoms with Crippen LogP contribution in [-0.4, -0.2) is 45.9 Å². The van der Waals surface area contributed by atoms with Crippen molar-refractivity contribution in [3.8, 4) is 0 Å². The molecule has 0 bridgehead atoms. The zero-order chi connectivity index (χ0) is 17.2. The molecule has 1 heterocycles.